The highest BCUT2D eigenvalue weighted by atomic mass is 15.1. The third-order valence-corrected chi connectivity index (χ3v) is 2.86. The van der Waals surface area contributed by atoms with E-state index in [-0.39, 0.29) is 0 Å². The SMILES string of the molecule is CCCNc1cccc(NCc2ccc(C#N)cc2)n1. The third-order valence-electron chi connectivity index (χ3n) is 2.86. The number of aromatic nitrogens is 1. The summed E-state index contributed by atoms with van der Waals surface area (Å²) in [5.74, 6) is 1.73. The molecule has 1 aromatic carbocycles. The van der Waals surface area contributed by atoms with Crippen molar-refractivity contribution in [2.24, 2.45) is 0 Å². The number of nitriles is 1. The van der Waals surface area contributed by atoms with Crippen LogP contribution in [0.25, 0.3) is 0 Å². The van der Waals surface area contributed by atoms with E-state index in [0.717, 1.165) is 30.2 Å². The maximum Gasteiger partial charge on any atom is 0.128 e. The van der Waals surface area contributed by atoms with Gasteiger partial charge < -0.3 is 10.6 Å². The van der Waals surface area contributed by atoms with Gasteiger partial charge in [-0.05, 0) is 36.2 Å². The highest BCUT2D eigenvalue weighted by Crippen LogP contribution is 2.11. The van der Waals surface area contributed by atoms with Gasteiger partial charge in [-0.2, -0.15) is 5.26 Å². The Bertz CT molecular complexity index is 584. The van der Waals surface area contributed by atoms with E-state index in [1.54, 1.807) is 0 Å². The van der Waals surface area contributed by atoms with Crippen LogP contribution in [0.2, 0.25) is 0 Å². The van der Waals surface area contributed by atoms with E-state index >= 15 is 0 Å². The zero-order valence-electron chi connectivity index (χ0n) is 11.6. The third kappa shape index (κ3) is 3.99. The Balaban J connectivity index is 1.94. The Hall–Kier alpha value is -2.54. The minimum absolute atomic E-state index is 0.678. The second-order valence-electron chi connectivity index (χ2n) is 4.50. The lowest BCUT2D eigenvalue weighted by Crippen LogP contribution is -2.05. The monoisotopic (exact) mass is 266 g/mol. The van der Waals surface area contributed by atoms with Crippen LogP contribution in [0.1, 0.15) is 24.5 Å². The summed E-state index contributed by atoms with van der Waals surface area (Å²) in [7, 11) is 0. The summed E-state index contributed by atoms with van der Waals surface area (Å²) in [6.07, 6.45) is 1.07. The van der Waals surface area contributed by atoms with Gasteiger partial charge in [-0.1, -0.05) is 25.1 Å². The van der Waals surface area contributed by atoms with Crippen LogP contribution in [-0.4, -0.2) is 11.5 Å². The minimum atomic E-state index is 0.678. The summed E-state index contributed by atoms with van der Waals surface area (Å²) in [6.45, 7) is 3.74. The molecule has 0 bridgehead atoms. The molecule has 4 heteroatoms. The molecule has 0 saturated carbocycles. The predicted molar refractivity (Wildman–Crippen MR) is 81.5 cm³/mol. The van der Waals surface area contributed by atoms with E-state index in [0.29, 0.717) is 12.1 Å². The fourth-order valence-corrected chi connectivity index (χ4v) is 1.77. The van der Waals surface area contributed by atoms with Crippen LogP contribution in [0.5, 0.6) is 0 Å². The molecule has 1 aromatic heterocycles. The molecule has 0 saturated heterocycles. The van der Waals surface area contributed by atoms with Crippen LogP contribution in [0.15, 0.2) is 42.5 Å². The fourth-order valence-electron chi connectivity index (χ4n) is 1.77. The molecule has 2 aromatic rings. The van der Waals surface area contributed by atoms with Gasteiger partial charge in [0.1, 0.15) is 11.6 Å². The van der Waals surface area contributed by atoms with E-state index < -0.39 is 0 Å². The van der Waals surface area contributed by atoms with Gasteiger partial charge in [-0.3, -0.25) is 0 Å². The van der Waals surface area contributed by atoms with Crippen LogP contribution < -0.4 is 10.6 Å². The van der Waals surface area contributed by atoms with Crippen LogP contribution in [0.4, 0.5) is 11.6 Å². The molecule has 0 atom stereocenters. The van der Waals surface area contributed by atoms with Gasteiger partial charge in [0.15, 0.2) is 0 Å². The second kappa shape index (κ2) is 7.15. The zero-order chi connectivity index (χ0) is 14.2. The maximum atomic E-state index is 8.76. The first-order valence-corrected chi connectivity index (χ1v) is 6.75. The van der Waals surface area contributed by atoms with Crippen molar-refractivity contribution in [3.63, 3.8) is 0 Å². The molecular weight excluding hydrogens is 248 g/mol. The van der Waals surface area contributed by atoms with Gasteiger partial charge in [0.25, 0.3) is 0 Å². The summed E-state index contributed by atoms with van der Waals surface area (Å²) >= 11 is 0. The molecule has 4 nitrogen and oxygen atoms in total. The Morgan fingerprint density at radius 3 is 2.40 bits per heavy atom. The van der Waals surface area contributed by atoms with Crippen molar-refractivity contribution in [2.45, 2.75) is 19.9 Å². The first kappa shape index (κ1) is 13.9. The minimum Gasteiger partial charge on any atom is -0.370 e. The molecule has 0 unspecified atom stereocenters. The van der Waals surface area contributed by atoms with Crippen LogP contribution in [-0.2, 0) is 6.54 Å². The van der Waals surface area contributed by atoms with Gasteiger partial charge in [-0.15, -0.1) is 0 Å². The quantitative estimate of drug-likeness (QED) is 0.841. The lowest BCUT2D eigenvalue weighted by molar-refractivity contribution is 0.968. The highest BCUT2D eigenvalue weighted by Gasteiger charge is 1.98. The van der Waals surface area contributed by atoms with Crippen LogP contribution in [0, 0.1) is 11.3 Å². The lowest BCUT2D eigenvalue weighted by atomic mass is 10.1. The predicted octanol–water partition coefficient (Wildman–Crippen LogP) is 3.39. The number of hydrogen-bond donors (Lipinski definition) is 2. The molecule has 20 heavy (non-hydrogen) atoms. The van der Waals surface area contributed by atoms with Gasteiger partial charge in [-0.25, -0.2) is 4.98 Å². The number of pyridine rings is 1. The zero-order valence-corrected chi connectivity index (χ0v) is 11.6. The van der Waals surface area contributed by atoms with Crippen molar-refractivity contribution in [1.29, 1.82) is 5.26 Å². The summed E-state index contributed by atoms with van der Waals surface area (Å²) in [4.78, 5) is 4.48. The molecule has 0 aliphatic heterocycles. The maximum absolute atomic E-state index is 8.76. The van der Waals surface area contributed by atoms with Crippen LogP contribution >= 0.6 is 0 Å². The first-order valence-electron chi connectivity index (χ1n) is 6.75. The molecule has 0 aliphatic carbocycles. The molecule has 2 rings (SSSR count). The number of benzene rings is 1. The largest absolute Gasteiger partial charge is 0.370 e. The Kier molecular flexibility index (Phi) is 4.96. The van der Waals surface area contributed by atoms with Crippen LogP contribution in [0.3, 0.4) is 0 Å². The average Bonchev–Trinajstić information content (AvgIpc) is 2.52. The van der Waals surface area contributed by atoms with Gasteiger partial charge >= 0.3 is 0 Å². The standard InChI is InChI=1S/C16H18N4/c1-2-10-18-15-4-3-5-16(20-15)19-12-14-8-6-13(11-17)7-9-14/h3-9H,2,10,12H2,1H3,(H2,18,19,20). The van der Waals surface area contributed by atoms with Gasteiger partial charge in [0.2, 0.25) is 0 Å². The Labute approximate surface area is 119 Å². The molecule has 0 spiro atoms. The van der Waals surface area contributed by atoms with E-state index in [2.05, 4.69) is 28.6 Å². The Morgan fingerprint density at radius 1 is 1.05 bits per heavy atom. The Morgan fingerprint density at radius 2 is 1.75 bits per heavy atom. The van der Waals surface area contributed by atoms with Crippen molar-refractivity contribution >= 4 is 11.6 Å². The normalized spacial score (nSPS) is 9.80. The van der Waals surface area contributed by atoms with Crippen molar-refractivity contribution in [2.75, 3.05) is 17.2 Å². The number of hydrogen-bond acceptors (Lipinski definition) is 4. The van der Waals surface area contributed by atoms with Crippen molar-refractivity contribution in [3.8, 4) is 6.07 Å². The highest BCUT2D eigenvalue weighted by molar-refractivity contribution is 5.45. The van der Waals surface area contributed by atoms with Crippen molar-refractivity contribution in [3.05, 3.63) is 53.6 Å². The molecular formula is C16H18N4. The summed E-state index contributed by atoms with van der Waals surface area (Å²) in [5, 5.41) is 15.3. The summed E-state index contributed by atoms with van der Waals surface area (Å²) in [6, 6.07) is 15.5. The number of rotatable bonds is 6. The molecule has 102 valence electrons. The van der Waals surface area contributed by atoms with Crippen molar-refractivity contribution < 1.29 is 0 Å². The number of nitrogens with zero attached hydrogens (tertiary/aromatic N) is 2. The molecule has 2 N–H and O–H groups in total. The van der Waals surface area contributed by atoms with E-state index in [4.69, 9.17) is 5.26 Å². The lowest BCUT2D eigenvalue weighted by Gasteiger charge is -2.08. The van der Waals surface area contributed by atoms with Gasteiger partial charge in [0, 0.05) is 13.1 Å². The molecule has 1 heterocycles. The molecule has 0 fully saturated rings. The number of anilines is 2. The van der Waals surface area contributed by atoms with E-state index in [1.165, 1.54) is 0 Å². The topological polar surface area (TPSA) is 60.7 Å². The summed E-state index contributed by atoms with van der Waals surface area (Å²) in [5.41, 5.74) is 1.80. The van der Waals surface area contributed by atoms with Gasteiger partial charge in [0.05, 0.1) is 11.6 Å². The smallest absolute Gasteiger partial charge is 0.128 e. The first-order chi connectivity index (χ1) is 9.81. The average molecular weight is 266 g/mol. The molecule has 0 aliphatic rings. The fraction of sp³-hybridized carbons (Fsp3) is 0.250. The molecule has 0 amide bonds. The molecule has 0 radical (unpaired) electrons. The number of nitrogens with one attached hydrogen (secondary N) is 2. The van der Waals surface area contributed by atoms with Crippen molar-refractivity contribution in [1.82, 2.24) is 4.98 Å². The van der Waals surface area contributed by atoms with E-state index in [1.807, 2.05) is 42.5 Å². The summed E-state index contributed by atoms with van der Waals surface area (Å²) < 4.78 is 0. The van der Waals surface area contributed by atoms with E-state index in [9.17, 15) is 0 Å². The second-order valence-corrected chi connectivity index (χ2v) is 4.50.